The molecule has 0 bridgehead atoms. The van der Waals surface area contributed by atoms with Crippen LogP contribution in [-0.2, 0) is 9.47 Å². The predicted molar refractivity (Wildman–Crippen MR) is 125 cm³/mol. The van der Waals surface area contributed by atoms with E-state index in [0.29, 0.717) is 59.5 Å². The molecule has 2 atom stereocenters. The van der Waals surface area contributed by atoms with E-state index in [4.69, 9.17) is 18.9 Å². The van der Waals surface area contributed by atoms with Crippen molar-refractivity contribution in [1.29, 1.82) is 0 Å². The molecule has 34 heavy (non-hydrogen) atoms. The Morgan fingerprint density at radius 2 is 1.15 bits per heavy atom. The molecule has 184 valence electrons. The van der Waals surface area contributed by atoms with E-state index < -0.39 is 0 Å². The molecule has 8 heteroatoms. The second-order valence-electron chi connectivity index (χ2n) is 8.41. The van der Waals surface area contributed by atoms with Crippen LogP contribution in [-0.4, -0.2) is 48.6 Å². The molecule has 2 aromatic carbocycles. The van der Waals surface area contributed by atoms with Crippen LogP contribution in [0.2, 0.25) is 0 Å². The van der Waals surface area contributed by atoms with Gasteiger partial charge in [0.2, 0.25) is 0 Å². The number of carbonyl (C=O) groups is 2. The van der Waals surface area contributed by atoms with E-state index in [9.17, 15) is 19.8 Å². The summed E-state index contributed by atoms with van der Waals surface area (Å²) in [6.07, 6.45) is 6.81. The van der Waals surface area contributed by atoms with Gasteiger partial charge in [0.15, 0.2) is 25.2 Å². The molecule has 2 aliphatic heterocycles. The fourth-order valence-electron chi connectivity index (χ4n) is 3.85. The highest BCUT2D eigenvalue weighted by Gasteiger charge is 2.18. The fraction of sp³-hybridized carbons (Fsp3) is 0.462. The molecule has 2 N–H and O–H groups in total. The van der Waals surface area contributed by atoms with Crippen LogP contribution < -0.4 is 9.47 Å². The van der Waals surface area contributed by atoms with Crippen molar-refractivity contribution in [1.82, 2.24) is 0 Å². The van der Waals surface area contributed by atoms with Crippen LogP contribution in [0.5, 0.6) is 23.0 Å². The molecule has 2 aromatic rings. The minimum Gasteiger partial charge on any atom is -0.507 e. The van der Waals surface area contributed by atoms with Gasteiger partial charge in [-0.3, -0.25) is 9.59 Å². The molecule has 0 radical (unpaired) electrons. The highest BCUT2D eigenvalue weighted by Crippen LogP contribution is 2.29. The normalized spacial score (nSPS) is 19.9. The molecule has 8 nitrogen and oxygen atoms in total. The zero-order valence-electron chi connectivity index (χ0n) is 19.6. The standard InChI is InChI=1S/2C13H16O4/c2*1-9-6-10(7-12(15)11(9)8-14)17-13-4-2-3-5-16-13/h2*6-8,13,15H,2-5H2,1H3. The molecule has 2 aliphatic rings. The molecule has 0 spiro atoms. The van der Waals surface area contributed by atoms with Crippen LogP contribution in [0.1, 0.15) is 70.4 Å². The lowest BCUT2D eigenvalue weighted by Gasteiger charge is -2.23. The van der Waals surface area contributed by atoms with Gasteiger partial charge < -0.3 is 29.2 Å². The number of aromatic hydroxyl groups is 2. The number of aryl methyl sites for hydroxylation is 2. The number of hydrogen-bond acceptors (Lipinski definition) is 8. The Bertz CT molecular complexity index is 849. The number of phenols is 2. The number of ether oxygens (including phenoxy) is 4. The van der Waals surface area contributed by atoms with Gasteiger partial charge in [-0.25, -0.2) is 0 Å². The monoisotopic (exact) mass is 472 g/mol. The summed E-state index contributed by atoms with van der Waals surface area (Å²) in [4.78, 5) is 21.4. The Morgan fingerprint density at radius 3 is 1.44 bits per heavy atom. The van der Waals surface area contributed by atoms with Gasteiger partial charge in [-0.15, -0.1) is 0 Å². The number of benzene rings is 2. The van der Waals surface area contributed by atoms with Crippen molar-refractivity contribution in [2.24, 2.45) is 0 Å². The van der Waals surface area contributed by atoms with Crippen molar-refractivity contribution in [3.8, 4) is 23.0 Å². The first-order valence-electron chi connectivity index (χ1n) is 11.6. The van der Waals surface area contributed by atoms with E-state index in [1.807, 2.05) is 0 Å². The molecule has 0 aliphatic carbocycles. The van der Waals surface area contributed by atoms with Gasteiger partial charge in [0.05, 0.1) is 24.3 Å². The van der Waals surface area contributed by atoms with Gasteiger partial charge in [0.25, 0.3) is 0 Å². The molecule has 2 saturated heterocycles. The van der Waals surface area contributed by atoms with Gasteiger partial charge in [0, 0.05) is 25.0 Å². The maximum Gasteiger partial charge on any atom is 0.199 e. The summed E-state index contributed by atoms with van der Waals surface area (Å²) in [5.41, 5.74) is 2.01. The van der Waals surface area contributed by atoms with E-state index in [1.165, 1.54) is 12.1 Å². The summed E-state index contributed by atoms with van der Waals surface area (Å²) in [5, 5.41) is 19.3. The molecule has 0 aromatic heterocycles. The zero-order chi connectivity index (χ0) is 24.5. The van der Waals surface area contributed by atoms with Crippen molar-refractivity contribution < 1.29 is 38.7 Å². The minimum atomic E-state index is -0.246. The highest BCUT2D eigenvalue weighted by molar-refractivity contribution is 5.82. The average Bonchev–Trinajstić information content (AvgIpc) is 2.81. The molecule has 0 amide bonds. The summed E-state index contributed by atoms with van der Waals surface area (Å²) >= 11 is 0. The van der Waals surface area contributed by atoms with Gasteiger partial charge in [-0.1, -0.05) is 0 Å². The molecular weight excluding hydrogens is 440 g/mol. The van der Waals surface area contributed by atoms with Gasteiger partial charge in [0.1, 0.15) is 23.0 Å². The van der Waals surface area contributed by atoms with Crippen molar-refractivity contribution in [2.75, 3.05) is 13.2 Å². The lowest BCUT2D eigenvalue weighted by Crippen LogP contribution is -2.25. The summed E-state index contributed by atoms with van der Waals surface area (Å²) < 4.78 is 22.1. The van der Waals surface area contributed by atoms with Crippen molar-refractivity contribution in [3.63, 3.8) is 0 Å². The Kier molecular flexibility index (Phi) is 9.30. The predicted octanol–water partition coefficient (Wildman–Crippen LogP) is 4.84. The van der Waals surface area contributed by atoms with Crippen LogP contribution >= 0.6 is 0 Å². The molecule has 0 saturated carbocycles. The van der Waals surface area contributed by atoms with Crippen molar-refractivity contribution in [2.45, 2.75) is 65.0 Å². The van der Waals surface area contributed by atoms with E-state index in [1.54, 1.807) is 26.0 Å². The quantitative estimate of drug-likeness (QED) is 0.575. The number of aldehydes is 2. The van der Waals surface area contributed by atoms with Crippen LogP contribution in [0.3, 0.4) is 0 Å². The minimum absolute atomic E-state index is 0.0502. The third kappa shape index (κ3) is 6.95. The van der Waals surface area contributed by atoms with E-state index in [2.05, 4.69) is 0 Å². The number of hydrogen-bond donors (Lipinski definition) is 2. The average molecular weight is 473 g/mol. The lowest BCUT2D eigenvalue weighted by molar-refractivity contribution is -0.106. The third-order valence-electron chi connectivity index (χ3n) is 5.72. The van der Waals surface area contributed by atoms with Gasteiger partial charge >= 0.3 is 0 Å². The first kappa shape index (κ1) is 25.5. The number of rotatable bonds is 6. The Labute approximate surface area is 199 Å². The van der Waals surface area contributed by atoms with E-state index >= 15 is 0 Å². The Balaban J connectivity index is 0.000000191. The maximum absolute atomic E-state index is 10.7. The second kappa shape index (κ2) is 12.4. The van der Waals surface area contributed by atoms with Crippen LogP contribution in [0.15, 0.2) is 24.3 Å². The fourth-order valence-corrected chi connectivity index (χ4v) is 3.85. The molecule has 4 rings (SSSR count). The first-order chi connectivity index (χ1) is 16.4. The number of phenolic OH excluding ortho intramolecular Hbond substituents is 2. The van der Waals surface area contributed by atoms with Gasteiger partial charge in [-0.05, 0) is 62.8 Å². The lowest BCUT2D eigenvalue weighted by atomic mass is 10.1. The zero-order valence-corrected chi connectivity index (χ0v) is 19.6. The van der Waals surface area contributed by atoms with Crippen LogP contribution in [0.4, 0.5) is 0 Å². The maximum atomic E-state index is 10.7. The first-order valence-corrected chi connectivity index (χ1v) is 11.6. The SMILES string of the molecule is Cc1cc(OC2CCCCO2)cc(O)c1C=O.Cc1cc(OC2CCCCO2)cc(O)c1C=O. The largest absolute Gasteiger partial charge is 0.507 e. The Hall–Kier alpha value is -3.10. The summed E-state index contributed by atoms with van der Waals surface area (Å²) in [6.45, 7) is 4.94. The molecular formula is C26H32O8. The molecule has 2 heterocycles. The van der Waals surface area contributed by atoms with Crippen molar-refractivity contribution >= 4 is 12.6 Å². The molecule has 2 unspecified atom stereocenters. The van der Waals surface area contributed by atoms with Crippen LogP contribution in [0.25, 0.3) is 0 Å². The number of carbonyl (C=O) groups excluding carboxylic acids is 2. The third-order valence-corrected chi connectivity index (χ3v) is 5.72. The topological polar surface area (TPSA) is 112 Å². The molecule has 2 fully saturated rings. The van der Waals surface area contributed by atoms with Crippen molar-refractivity contribution in [3.05, 3.63) is 46.5 Å². The second-order valence-corrected chi connectivity index (χ2v) is 8.41. The smallest absolute Gasteiger partial charge is 0.199 e. The summed E-state index contributed by atoms with van der Waals surface area (Å²) in [5.74, 6) is 0.978. The highest BCUT2D eigenvalue weighted by atomic mass is 16.7. The van der Waals surface area contributed by atoms with Crippen LogP contribution in [0, 0.1) is 13.8 Å². The summed E-state index contributed by atoms with van der Waals surface area (Å²) in [6, 6.07) is 6.38. The van der Waals surface area contributed by atoms with E-state index in [-0.39, 0.29) is 24.1 Å². The summed E-state index contributed by atoms with van der Waals surface area (Å²) in [7, 11) is 0. The van der Waals surface area contributed by atoms with Gasteiger partial charge in [-0.2, -0.15) is 0 Å². The Morgan fingerprint density at radius 1 is 0.735 bits per heavy atom. The van der Waals surface area contributed by atoms with E-state index in [0.717, 1.165) is 38.5 Å².